The van der Waals surface area contributed by atoms with Gasteiger partial charge in [0.2, 0.25) is 0 Å². The third-order valence-corrected chi connectivity index (χ3v) is 14.7. The van der Waals surface area contributed by atoms with Crippen LogP contribution < -0.4 is 0 Å². The fourth-order valence-electron chi connectivity index (χ4n) is 11.7. The number of fused-ring (bicyclic) bond motifs is 10. The molecule has 0 saturated heterocycles. The van der Waals surface area contributed by atoms with Crippen LogP contribution in [0.15, 0.2) is 243 Å². The average molecular weight is 842 g/mol. The van der Waals surface area contributed by atoms with Crippen molar-refractivity contribution in [3.63, 3.8) is 0 Å². The fourth-order valence-corrected chi connectivity index (χ4v) is 11.7. The molecule has 312 valence electrons. The van der Waals surface area contributed by atoms with Crippen LogP contribution in [-0.4, -0.2) is 4.57 Å². The molecule has 1 aliphatic carbocycles. The number of nitrogens with zero attached hydrogens (tertiary/aromatic N) is 1. The Morgan fingerprint density at radius 3 is 1.71 bits per heavy atom. The van der Waals surface area contributed by atoms with Crippen LogP contribution in [0.4, 0.5) is 0 Å². The largest absolute Gasteiger partial charge is 0.309 e. The molecule has 1 heteroatoms. The first kappa shape index (κ1) is 38.5. The normalized spacial score (nSPS) is 13.4. The zero-order valence-corrected chi connectivity index (χ0v) is 36.7. The predicted molar refractivity (Wildman–Crippen MR) is 278 cm³/mol. The number of aryl methyl sites for hydroxylation is 1. The molecule has 12 aromatic rings. The van der Waals surface area contributed by atoms with Crippen LogP contribution >= 0.6 is 0 Å². The number of aromatic nitrogens is 1. The van der Waals surface area contributed by atoms with Gasteiger partial charge in [-0.25, -0.2) is 0 Å². The van der Waals surface area contributed by atoms with E-state index in [0.717, 1.165) is 19.3 Å². The van der Waals surface area contributed by atoms with Gasteiger partial charge < -0.3 is 4.57 Å². The number of hydrogen-bond donors (Lipinski definition) is 0. The van der Waals surface area contributed by atoms with E-state index in [1.165, 1.54) is 110 Å². The smallest absolute Gasteiger partial charge is 0.0719 e. The van der Waals surface area contributed by atoms with Crippen molar-refractivity contribution in [2.45, 2.75) is 30.6 Å². The van der Waals surface area contributed by atoms with Crippen LogP contribution in [0.3, 0.4) is 0 Å². The van der Waals surface area contributed by atoms with Crippen molar-refractivity contribution in [3.05, 3.63) is 282 Å². The van der Waals surface area contributed by atoms with Crippen molar-refractivity contribution in [1.29, 1.82) is 0 Å². The van der Waals surface area contributed by atoms with Crippen molar-refractivity contribution in [2.75, 3.05) is 0 Å². The molecule has 0 radical (unpaired) electrons. The molecule has 66 heavy (non-hydrogen) atoms. The zero-order chi connectivity index (χ0) is 43.6. The summed E-state index contributed by atoms with van der Waals surface area (Å²) < 4.78 is 2.45. The molecule has 0 saturated carbocycles. The molecule has 1 nitrogen and oxygen atoms in total. The summed E-state index contributed by atoms with van der Waals surface area (Å²) >= 11 is 0. The molecule has 13 rings (SSSR count). The van der Waals surface area contributed by atoms with Gasteiger partial charge in [0.05, 0.1) is 16.4 Å². The Morgan fingerprint density at radius 1 is 0.379 bits per heavy atom. The highest BCUT2D eigenvalue weighted by Gasteiger charge is 2.47. The molecule has 1 aromatic heterocycles. The molecular formula is C65H47N. The number of rotatable bonds is 9. The van der Waals surface area contributed by atoms with Crippen LogP contribution in [-0.2, 0) is 18.3 Å². The summed E-state index contributed by atoms with van der Waals surface area (Å²) in [4.78, 5) is 0. The lowest BCUT2D eigenvalue weighted by Crippen LogP contribution is -2.29. The Bertz CT molecular complexity index is 3750. The maximum Gasteiger partial charge on any atom is 0.0719 e. The van der Waals surface area contributed by atoms with Gasteiger partial charge >= 0.3 is 0 Å². The summed E-state index contributed by atoms with van der Waals surface area (Å²) in [5, 5.41) is 10.3. The fraction of sp³-hybridized carbons (Fsp3) is 0.0769. The first-order valence-corrected chi connectivity index (χ1v) is 23.5. The second-order valence-electron chi connectivity index (χ2n) is 18.4. The lowest BCUT2D eigenvalue weighted by atomic mass is 9.66. The van der Waals surface area contributed by atoms with E-state index in [9.17, 15) is 0 Å². The second kappa shape index (κ2) is 15.6. The van der Waals surface area contributed by atoms with Crippen molar-refractivity contribution in [2.24, 2.45) is 0 Å². The van der Waals surface area contributed by atoms with Crippen molar-refractivity contribution < 1.29 is 0 Å². The third-order valence-electron chi connectivity index (χ3n) is 14.7. The molecule has 11 aromatic carbocycles. The van der Waals surface area contributed by atoms with Crippen LogP contribution in [0, 0.1) is 0 Å². The Kier molecular flexibility index (Phi) is 9.10. The van der Waals surface area contributed by atoms with Crippen LogP contribution in [0.1, 0.15) is 51.3 Å². The maximum absolute atomic E-state index is 2.57. The van der Waals surface area contributed by atoms with Gasteiger partial charge in [0, 0.05) is 16.5 Å². The summed E-state index contributed by atoms with van der Waals surface area (Å²) in [6, 6.07) is 91.1. The third kappa shape index (κ3) is 6.15. The van der Waals surface area contributed by atoms with E-state index in [2.05, 4.69) is 247 Å². The van der Waals surface area contributed by atoms with Gasteiger partial charge in [-0.3, -0.25) is 0 Å². The maximum atomic E-state index is 2.57. The summed E-state index contributed by atoms with van der Waals surface area (Å²) in [5.41, 5.74) is 15.3. The molecule has 1 aliphatic rings. The van der Waals surface area contributed by atoms with E-state index in [1.807, 2.05) is 0 Å². The van der Waals surface area contributed by atoms with Crippen LogP contribution in [0.5, 0.6) is 0 Å². The molecule has 1 atom stereocenters. The number of hydrogen-bond acceptors (Lipinski definition) is 0. The Hall–Kier alpha value is -8.00. The van der Waals surface area contributed by atoms with Gasteiger partial charge in [-0.2, -0.15) is 0 Å². The minimum absolute atomic E-state index is 0.287. The zero-order valence-electron chi connectivity index (χ0n) is 36.7. The SMILES string of the molecule is c1ccc(-n2c3ccccc3c3ccc(CC(CCc4ccc5c(c4)C(c4ccccc4)(c4ccccc4)c4c-5ccc5ccccc45)c4ccc5cc6ccccc6cc5c4)cc32)cc1. The van der Waals surface area contributed by atoms with Crippen LogP contribution in [0.2, 0.25) is 0 Å². The molecular weight excluding hydrogens is 795 g/mol. The highest BCUT2D eigenvalue weighted by molar-refractivity contribution is 6.09. The predicted octanol–water partition coefficient (Wildman–Crippen LogP) is 16.6. The van der Waals surface area contributed by atoms with E-state index < -0.39 is 5.41 Å². The first-order valence-electron chi connectivity index (χ1n) is 23.5. The Labute approximate surface area is 385 Å². The second-order valence-corrected chi connectivity index (χ2v) is 18.4. The van der Waals surface area contributed by atoms with Gasteiger partial charge in [-0.05, 0) is 144 Å². The van der Waals surface area contributed by atoms with Crippen molar-refractivity contribution >= 4 is 54.1 Å². The van der Waals surface area contributed by atoms with E-state index in [1.54, 1.807) is 0 Å². The standard InChI is InChI=1S/C65H47N/c1-4-19-53(20-5-1)65(54-21-6-2-7-22-54)61-39-44(29-35-57(61)60-37-34-46-16-12-13-25-56(46)64(60)65)28-31-49(50-32-33-51-41-47-17-10-11-18-48(47)42-52(51)43-50)38-45-30-36-59-58-26-14-15-27-62(58)66(63(59)40-45)55-23-8-3-9-24-55/h1-27,29-30,32-37,39-43,49H,28,31,38H2. The lowest BCUT2D eigenvalue weighted by Gasteiger charge is -2.35. The highest BCUT2D eigenvalue weighted by Crippen LogP contribution is 2.58. The van der Waals surface area contributed by atoms with Gasteiger partial charge in [0.15, 0.2) is 0 Å². The van der Waals surface area contributed by atoms with E-state index in [4.69, 9.17) is 0 Å². The van der Waals surface area contributed by atoms with E-state index >= 15 is 0 Å². The van der Waals surface area contributed by atoms with Crippen molar-refractivity contribution in [3.8, 4) is 16.8 Å². The Morgan fingerprint density at radius 2 is 0.955 bits per heavy atom. The molecule has 0 spiro atoms. The monoisotopic (exact) mass is 841 g/mol. The topological polar surface area (TPSA) is 4.93 Å². The van der Waals surface area contributed by atoms with Gasteiger partial charge in [-0.1, -0.05) is 206 Å². The summed E-state index contributed by atoms with van der Waals surface area (Å²) in [6.07, 6.45) is 2.90. The average Bonchev–Trinajstić information content (AvgIpc) is 3.88. The molecule has 0 amide bonds. The number of benzene rings is 11. The van der Waals surface area contributed by atoms with Gasteiger partial charge in [-0.15, -0.1) is 0 Å². The molecule has 0 N–H and O–H groups in total. The van der Waals surface area contributed by atoms with Gasteiger partial charge in [0.25, 0.3) is 0 Å². The first-order chi connectivity index (χ1) is 32.7. The molecule has 1 heterocycles. The highest BCUT2D eigenvalue weighted by atomic mass is 15.0. The van der Waals surface area contributed by atoms with E-state index in [-0.39, 0.29) is 5.92 Å². The van der Waals surface area contributed by atoms with Crippen molar-refractivity contribution in [1.82, 2.24) is 4.57 Å². The Balaban J connectivity index is 0.945. The summed E-state index contributed by atoms with van der Waals surface area (Å²) in [7, 11) is 0. The molecule has 0 fully saturated rings. The summed E-state index contributed by atoms with van der Waals surface area (Å²) in [5.74, 6) is 0.287. The molecule has 0 aliphatic heterocycles. The number of para-hydroxylation sites is 2. The quantitative estimate of drug-likeness (QED) is 0.128. The van der Waals surface area contributed by atoms with Crippen LogP contribution in [0.25, 0.3) is 70.9 Å². The minimum atomic E-state index is -0.475. The molecule has 0 bridgehead atoms. The lowest BCUT2D eigenvalue weighted by molar-refractivity contribution is 0.621. The molecule has 1 unspecified atom stereocenters. The van der Waals surface area contributed by atoms with Gasteiger partial charge in [0.1, 0.15) is 0 Å². The summed E-state index contributed by atoms with van der Waals surface area (Å²) in [6.45, 7) is 0. The van der Waals surface area contributed by atoms with E-state index in [0.29, 0.717) is 0 Å². The minimum Gasteiger partial charge on any atom is -0.309 e.